The Morgan fingerprint density at radius 2 is 1.07 bits per heavy atom. The quantitative estimate of drug-likeness (QED) is 0.607. The van der Waals surface area contributed by atoms with Gasteiger partial charge in [-0.3, -0.25) is 0 Å². The Kier molecular flexibility index (Phi) is 2.52. The van der Waals surface area contributed by atoms with E-state index in [1.165, 1.54) is 38.5 Å². The van der Waals surface area contributed by atoms with Crippen molar-refractivity contribution < 1.29 is 0 Å². The summed E-state index contributed by atoms with van der Waals surface area (Å²) in [4.78, 5) is 0. The molecule has 0 aromatic carbocycles. The fourth-order valence-electron chi connectivity index (χ4n) is 3.49. The Morgan fingerprint density at radius 3 is 1.80 bits per heavy atom. The Morgan fingerprint density at radius 1 is 0.533 bits per heavy atom. The summed E-state index contributed by atoms with van der Waals surface area (Å²) in [5.74, 6) is 0. The molecule has 2 saturated carbocycles. The topological polar surface area (TPSA) is 0 Å². The zero-order valence-corrected chi connectivity index (χ0v) is 11.4. The molecule has 0 spiro atoms. The molecule has 2 aliphatic carbocycles. The van der Waals surface area contributed by atoms with Gasteiger partial charge < -0.3 is 0 Å². The van der Waals surface area contributed by atoms with Gasteiger partial charge in [0.2, 0.25) is 0 Å². The van der Waals surface area contributed by atoms with E-state index in [0.717, 1.165) is 31.5 Å². The van der Waals surface area contributed by atoms with E-state index in [1.54, 1.807) is 0 Å². The number of hydrogen-bond acceptors (Lipinski definition) is 3. The number of rotatable bonds is 0. The number of thioether (sulfide) groups is 3. The van der Waals surface area contributed by atoms with Gasteiger partial charge >= 0.3 is 0 Å². The SMILES string of the molecule is C1CCC2SC3C(CCC4SC43)SC2C1. The summed E-state index contributed by atoms with van der Waals surface area (Å²) in [5, 5.41) is 6.29. The molecule has 0 nitrogen and oxygen atoms in total. The van der Waals surface area contributed by atoms with Gasteiger partial charge in [-0.05, 0) is 25.7 Å². The van der Waals surface area contributed by atoms with Crippen molar-refractivity contribution in [2.75, 3.05) is 0 Å². The zero-order valence-electron chi connectivity index (χ0n) is 8.93. The van der Waals surface area contributed by atoms with Crippen LogP contribution in [0.15, 0.2) is 0 Å². The van der Waals surface area contributed by atoms with Gasteiger partial charge in [-0.2, -0.15) is 35.3 Å². The lowest BCUT2D eigenvalue weighted by Gasteiger charge is -2.44. The first-order valence-corrected chi connectivity index (χ1v) is 9.21. The molecule has 0 aromatic rings. The van der Waals surface area contributed by atoms with Crippen LogP contribution in [0.4, 0.5) is 0 Å². The summed E-state index contributed by atoms with van der Waals surface area (Å²) in [6.45, 7) is 0. The first kappa shape index (κ1) is 10.0. The lowest BCUT2D eigenvalue weighted by Crippen LogP contribution is -2.42. The maximum Gasteiger partial charge on any atom is 0.0299 e. The molecule has 2 aliphatic heterocycles. The van der Waals surface area contributed by atoms with Gasteiger partial charge in [0.1, 0.15) is 0 Å². The van der Waals surface area contributed by atoms with Gasteiger partial charge in [-0.25, -0.2) is 0 Å². The van der Waals surface area contributed by atoms with Crippen LogP contribution in [0.1, 0.15) is 38.5 Å². The minimum Gasteiger partial charge on any atom is -0.153 e. The maximum atomic E-state index is 2.41. The van der Waals surface area contributed by atoms with Gasteiger partial charge in [0.05, 0.1) is 0 Å². The summed E-state index contributed by atoms with van der Waals surface area (Å²) in [6.07, 6.45) is 9.11. The van der Waals surface area contributed by atoms with Crippen LogP contribution in [0, 0.1) is 0 Å². The minimum atomic E-state index is 1.03. The molecule has 4 fully saturated rings. The molecule has 2 heterocycles. The van der Waals surface area contributed by atoms with Crippen LogP contribution in [0.2, 0.25) is 0 Å². The Labute approximate surface area is 105 Å². The van der Waals surface area contributed by atoms with E-state index in [1.807, 2.05) is 0 Å². The van der Waals surface area contributed by atoms with Crippen LogP contribution in [-0.4, -0.2) is 31.5 Å². The van der Waals surface area contributed by atoms with Gasteiger partial charge in [0.25, 0.3) is 0 Å². The Balaban J connectivity index is 1.53. The molecule has 4 rings (SSSR count). The monoisotopic (exact) mass is 258 g/mol. The summed E-state index contributed by atoms with van der Waals surface area (Å²) in [7, 11) is 0. The first-order valence-electron chi connectivity index (χ1n) is 6.38. The molecule has 6 atom stereocenters. The van der Waals surface area contributed by atoms with Crippen LogP contribution < -0.4 is 0 Å². The molecule has 6 unspecified atom stereocenters. The smallest absolute Gasteiger partial charge is 0.0299 e. The van der Waals surface area contributed by atoms with Crippen LogP contribution in [-0.2, 0) is 0 Å². The van der Waals surface area contributed by atoms with Crippen molar-refractivity contribution in [3.63, 3.8) is 0 Å². The molecule has 0 amide bonds. The molecule has 15 heavy (non-hydrogen) atoms. The van der Waals surface area contributed by atoms with Gasteiger partial charge in [0, 0.05) is 31.5 Å². The molecule has 3 heteroatoms. The molecule has 4 aliphatic rings. The largest absolute Gasteiger partial charge is 0.153 e. The number of fused-ring (bicyclic) bond motifs is 4. The van der Waals surface area contributed by atoms with Crippen molar-refractivity contribution in [2.45, 2.75) is 70.0 Å². The van der Waals surface area contributed by atoms with Crippen molar-refractivity contribution in [3.8, 4) is 0 Å². The van der Waals surface area contributed by atoms with Crippen molar-refractivity contribution in [2.24, 2.45) is 0 Å². The predicted octanol–water partition coefficient (Wildman–Crippen LogP) is 3.79. The molecule has 2 saturated heterocycles. The van der Waals surface area contributed by atoms with Crippen molar-refractivity contribution in [1.82, 2.24) is 0 Å². The third-order valence-electron chi connectivity index (χ3n) is 4.37. The maximum absolute atomic E-state index is 2.41. The van der Waals surface area contributed by atoms with Crippen LogP contribution in [0.5, 0.6) is 0 Å². The van der Waals surface area contributed by atoms with E-state index >= 15 is 0 Å². The van der Waals surface area contributed by atoms with E-state index < -0.39 is 0 Å². The lowest BCUT2D eigenvalue weighted by atomic mass is 9.98. The molecule has 0 radical (unpaired) electrons. The molecular formula is C12H18S3. The standard InChI is InChI=1S/C12H18S3/c1-2-4-8-7(3-1)13-9-5-6-10-12(15-10)11(9)14-8/h7-12H,1-6H2. The molecule has 0 aromatic heterocycles. The fourth-order valence-corrected chi connectivity index (χ4v) is 9.41. The normalized spacial score (nSPS) is 57.6. The van der Waals surface area contributed by atoms with E-state index in [9.17, 15) is 0 Å². The van der Waals surface area contributed by atoms with Crippen molar-refractivity contribution in [3.05, 3.63) is 0 Å². The summed E-state index contributed by atoms with van der Waals surface area (Å²) < 4.78 is 0. The fraction of sp³-hybridized carbons (Fsp3) is 1.00. The third-order valence-corrected chi connectivity index (χ3v) is 10.0. The second kappa shape index (κ2) is 3.78. The van der Waals surface area contributed by atoms with E-state index in [-0.39, 0.29) is 0 Å². The second-order valence-corrected chi connectivity index (χ2v) is 9.68. The van der Waals surface area contributed by atoms with E-state index in [0.29, 0.717) is 0 Å². The van der Waals surface area contributed by atoms with Crippen molar-refractivity contribution >= 4 is 35.3 Å². The average Bonchev–Trinajstić information content (AvgIpc) is 3.06. The Hall–Kier alpha value is 1.05. The van der Waals surface area contributed by atoms with Crippen LogP contribution in [0.25, 0.3) is 0 Å². The van der Waals surface area contributed by atoms with Gasteiger partial charge in [-0.15, -0.1) is 0 Å². The number of hydrogen-bond donors (Lipinski definition) is 0. The van der Waals surface area contributed by atoms with Gasteiger partial charge in [0.15, 0.2) is 0 Å². The summed E-state index contributed by atoms with van der Waals surface area (Å²) >= 11 is 7.09. The third kappa shape index (κ3) is 1.68. The predicted molar refractivity (Wildman–Crippen MR) is 73.2 cm³/mol. The molecule has 84 valence electrons. The van der Waals surface area contributed by atoms with Crippen LogP contribution in [0.3, 0.4) is 0 Å². The van der Waals surface area contributed by atoms with E-state index in [2.05, 4.69) is 35.3 Å². The highest BCUT2D eigenvalue weighted by atomic mass is 32.2. The first-order chi connectivity index (χ1) is 7.42. The summed E-state index contributed by atoms with van der Waals surface area (Å²) in [6, 6.07) is 0. The molecular weight excluding hydrogens is 240 g/mol. The highest BCUT2D eigenvalue weighted by Gasteiger charge is 2.54. The van der Waals surface area contributed by atoms with Crippen molar-refractivity contribution in [1.29, 1.82) is 0 Å². The zero-order chi connectivity index (χ0) is 9.83. The minimum absolute atomic E-state index is 1.03. The highest BCUT2D eigenvalue weighted by Crippen LogP contribution is 2.61. The Bertz CT molecular complexity index is 268. The molecule has 0 N–H and O–H groups in total. The average molecular weight is 258 g/mol. The van der Waals surface area contributed by atoms with Crippen LogP contribution >= 0.6 is 35.3 Å². The summed E-state index contributed by atoms with van der Waals surface area (Å²) in [5.41, 5.74) is 0. The molecule has 0 bridgehead atoms. The van der Waals surface area contributed by atoms with E-state index in [4.69, 9.17) is 0 Å². The lowest BCUT2D eigenvalue weighted by molar-refractivity contribution is 0.506. The second-order valence-electron chi connectivity index (χ2n) is 5.35. The van der Waals surface area contributed by atoms with Gasteiger partial charge in [-0.1, -0.05) is 12.8 Å². The highest BCUT2D eigenvalue weighted by molar-refractivity contribution is 8.11.